The summed E-state index contributed by atoms with van der Waals surface area (Å²) in [6.07, 6.45) is 2.49. The minimum absolute atomic E-state index is 0.107. The Morgan fingerprint density at radius 3 is 2.52 bits per heavy atom. The summed E-state index contributed by atoms with van der Waals surface area (Å²) in [7, 11) is 0. The SMILES string of the molecule is CCOC(=O)C=c1sc(=Cc2ccccc2OC(F)F)c(=O)n1CC(=O)Nc1ccccc1. The molecule has 0 fully saturated rings. The second kappa shape index (κ2) is 11.2. The minimum atomic E-state index is -3.03. The first-order chi connectivity index (χ1) is 15.9. The van der Waals surface area contributed by atoms with E-state index in [2.05, 4.69) is 10.1 Å². The monoisotopic (exact) mass is 474 g/mol. The number of anilines is 1. The summed E-state index contributed by atoms with van der Waals surface area (Å²) in [5, 5.41) is 2.68. The number of nitrogens with zero attached hydrogens (tertiary/aromatic N) is 1. The predicted molar refractivity (Wildman–Crippen MR) is 121 cm³/mol. The van der Waals surface area contributed by atoms with Gasteiger partial charge >= 0.3 is 12.6 Å². The third kappa shape index (κ3) is 6.59. The number of ether oxygens (including phenoxy) is 2. The highest BCUT2D eigenvalue weighted by Crippen LogP contribution is 2.20. The number of hydrogen-bond donors (Lipinski definition) is 1. The average molecular weight is 474 g/mol. The van der Waals surface area contributed by atoms with Crippen molar-refractivity contribution < 1.29 is 27.8 Å². The number of esters is 1. The maximum Gasteiger partial charge on any atom is 0.387 e. The molecule has 1 heterocycles. The third-order valence-electron chi connectivity index (χ3n) is 4.25. The van der Waals surface area contributed by atoms with Crippen molar-refractivity contribution in [2.75, 3.05) is 11.9 Å². The van der Waals surface area contributed by atoms with Crippen LogP contribution in [0.3, 0.4) is 0 Å². The number of para-hydroxylation sites is 2. The van der Waals surface area contributed by atoms with Crippen molar-refractivity contribution in [3.63, 3.8) is 0 Å². The number of nitrogens with one attached hydrogen (secondary N) is 1. The number of thiazole rings is 1. The lowest BCUT2D eigenvalue weighted by Crippen LogP contribution is -2.36. The molecule has 0 radical (unpaired) electrons. The van der Waals surface area contributed by atoms with Crippen molar-refractivity contribution >= 4 is 41.1 Å². The molecular weight excluding hydrogens is 454 g/mol. The normalized spacial score (nSPS) is 12.1. The summed E-state index contributed by atoms with van der Waals surface area (Å²) in [5.41, 5.74) is 0.233. The summed E-state index contributed by atoms with van der Waals surface area (Å²) >= 11 is 0.926. The molecule has 0 bridgehead atoms. The average Bonchev–Trinajstić information content (AvgIpc) is 3.04. The maximum absolute atomic E-state index is 13.1. The lowest BCUT2D eigenvalue weighted by atomic mass is 10.2. The Balaban J connectivity index is 2.04. The van der Waals surface area contributed by atoms with Gasteiger partial charge in [0.05, 0.1) is 17.2 Å². The topological polar surface area (TPSA) is 86.6 Å². The van der Waals surface area contributed by atoms with Crippen LogP contribution in [-0.2, 0) is 20.9 Å². The van der Waals surface area contributed by atoms with Crippen LogP contribution < -0.4 is 24.8 Å². The fraction of sp³-hybridized carbons (Fsp3) is 0.174. The van der Waals surface area contributed by atoms with Gasteiger partial charge in [-0.3, -0.25) is 14.2 Å². The van der Waals surface area contributed by atoms with Gasteiger partial charge in [-0.15, -0.1) is 11.3 Å². The van der Waals surface area contributed by atoms with Crippen molar-refractivity contribution in [2.45, 2.75) is 20.1 Å². The Hall–Kier alpha value is -3.79. The molecule has 0 aliphatic heterocycles. The summed E-state index contributed by atoms with van der Waals surface area (Å²) < 4.78 is 36.3. The minimum Gasteiger partial charge on any atom is -0.463 e. The van der Waals surface area contributed by atoms with Gasteiger partial charge in [0.25, 0.3) is 5.56 Å². The zero-order valence-electron chi connectivity index (χ0n) is 17.5. The first-order valence-electron chi connectivity index (χ1n) is 9.86. The standard InChI is InChI=1S/C23H20F2N2O5S/c1-2-31-21(29)13-20-27(14-19(28)26-16-9-4-3-5-10-16)22(30)18(33-20)12-15-8-6-7-11-17(15)32-23(24)25/h3-13,23H,2,14H2,1H3,(H,26,28). The fourth-order valence-corrected chi connectivity index (χ4v) is 3.91. The van der Waals surface area contributed by atoms with E-state index in [1.807, 2.05) is 0 Å². The molecule has 3 aromatic rings. The predicted octanol–water partition coefficient (Wildman–Crippen LogP) is 2.32. The lowest BCUT2D eigenvalue weighted by Gasteiger charge is -2.06. The molecular formula is C23H20F2N2O5S. The van der Waals surface area contributed by atoms with Gasteiger partial charge in [0.2, 0.25) is 5.91 Å². The van der Waals surface area contributed by atoms with Crippen LogP contribution in [0.1, 0.15) is 12.5 Å². The zero-order valence-corrected chi connectivity index (χ0v) is 18.3. The number of benzene rings is 2. The number of hydrogen-bond acceptors (Lipinski definition) is 6. The molecule has 1 N–H and O–H groups in total. The smallest absolute Gasteiger partial charge is 0.387 e. The van der Waals surface area contributed by atoms with Crippen LogP contribution in [-0.4, -0.2) is 29.7 Å². The molecule has 0 aliphatic carbocycles. The number of alkyl halides is 2. The van der Waals surface area contributed by atoms with Crippen LogP contribution >= 0.6 is 11.3 Å². The highest BCUT2D eigenvalue weighted by molar-refractivity contribution is 7.07. The second-order valence-corrected chi connectivity index (χ2v) is 7.63. The molecule has 0 aliphatic rings. The Morgan fingerprint density at radius 2 is 1.82 bits per heavy atom. The lowest BCUT2D eigenvalue weighted by molar-refractivity contribution is -0.135. The molecule has 2 aromatic carbocycles. The Labute approximate surface area is 191 Å². The van der Waals surface area contributed by atoms with Crippen LogP contribution in [0.4, 0.5) is 14.5 Å². The van der Waals surface area contributed by atoms with E-state index < -0.39 is 24.0 Å². The van der Waals surface area contributed by atoms with Gasteiger partial charge < -0.3 is 14.8 Å². The van der Waals surface area contributed by atoms with E-state index in [4.69, 9.17) is 4.74 Å². The molecule has 10 heteroatoms. The van der Waals surface area contributed by atoms with Crippen LogP contribution in [0.25, 0.3) is 12.2 Å². The van der Waals surface area contributed by atoms with E-state index in [1.54, 1.807) is 43.3 Å². The molecule has 1 amide bonds. The van der Waals surface area contributed by atoms with Crippen LogP contribution in [0.2, 0.25) is 0 Å². The summed E-state index contributed by atoms with van der Waals surface area (Å²) in [6, 6.07) is 14.7. The summed E-state index contributed by atoms with van der Waals surface area (Å²) in [5.74, 6) is -1.26. The van der Waals surface area contributed by atoms with E-state index in [-0.39, 0.29) is 33.7 Å². The zero-order chi connectivity index (χ0) is 23.8. The van der Waals surface area contributed by atoms with Crippen LogP contribution in [0.5, 0.6) is 5.75 Å². The van der Waals surface area contributed by atoms with E-state index in [0.29, 0.717) is 5.69 Å². The molecule has 0 unspecified atom stereocenters. The quantitative estimate of drug-likeness (QED) is 0.507. The molecule has 1 aromatic heterocycles. The number of halogens is 2. The molecule has 0 atom stereocenters. The highest BCUT2D eigenvalue weighted by atomic mass is 32.1. The van der Waals surface area contributed by atoms with Crippen LogP contribution in [0, 0.1) is 0 Å². The van der Waals surface area contributed by atoms with Crippen molar-refractivity contribution in [1.82, 2.24) is 4.57 Å². The number of carbonyl (C=O) groups excluding carboxylic acids is 2. The Kier molecular flexibility index (Phi) is 8.09. The second-order valence-electron chi connectivity index (χ2n) is 6.57. The van der Waals surface area contributed by atoms with E-state index in [1.165, 1.54) is 24.3 Å². The van der Waals surface area contributed by atoms with E-state index >= 15 is 0 Å². The fourth-order valence-electron chi connectivity index (χ4n) is 2.89. The first-order valence-corrected chi connectivity index (χ1v) is 10.7. The van der Waals surface area contributed by atoms with Crippen molar-refractivity contribution in [3.8, 4) is 5.75 Å². The number of aromatic nitrogens is 1. The van der Waals surface area contributed by atoms with Crippen molar-refractivity contribution in [2.24, 2.45) is 0 Å². The Morgan fingerprint density at radius 1 is 1.12 bits per heavy atom. The van der Waals surface area contributed by atoms with Gasteiger partial charge in [0.1, 0.15) is 17.0 Å². The molecule has 0 saturated heterocycles. The van der Waals surface area contributed by atoms with Gasteiger partial charge in [-0.2, -0.15) is 8.78 Å². The van der Waals surface area contributed by atoms with E-state index in [9.17, 15) is 23.2 Å². The van der Waals surface area contributed by atoms with Gasteiger partial charge in [-0.1, -0.05) is 36.4 Å². The Bertz CT molecular complexity index is 1300. The number of carbonyl (C=O) groups is 2. The molecule has 33 heavy (non-hydrogen) atoms. The van der Waals surface area contributed by atoms with E-state index in [0.717, 1.165) is 22.0 Å². The number of amides is 1. The largest absolute Gasteiger partial charge is 0.463 e. The molecule has 7 nitrogen and oxygen atoms in total. The molecule has 0 saturated carbocycles. The number of rotatable bonds is 8. The molecule has 0 spiro atoms. The maximum atomic E-state index is 13.1. The van der Waals surface area contributed by atoms with Gasteiger partial charge in [0.15, 0.2) is 0 Å². The van der Waals surface area contributed by atoms with Gasteiger partial charge in [-0.25, -0.2) is 4.79 Å². The third-order valence-corrected chi connectivity index (χ3v) is 5.31. The van der Waals surface area contributed by atoms with Crippen molar-refractivity contribution in [1.29, 1.82) is 0 Å². The summed E-state index contributed by atoms with van der Waals surface area (Å²) in [6.45, 7) is -1.62. The molecule has 172 valence electrons. The van der Waals surface area contributed by atoms with Crippen LogP contribution in [0.15, 0.2) is 59.4 Å². The van der Waals surface area contributed by atoms with Gasteiger partial charge in [-0.05, 0) is 31.2 Å². The first kappa shape index (κ1) is 23.9. The highest BCUT2D eigenvalue weighted by Gasteiger charge is 2.13. The molecule has 3 rings (SSSR count). The summed E-state index contributed by atoms with van der Waals surface area (Å²) in [4.78, 5) is 37.6. The van der Waals surface area contributed by atoms with Crippen molar-refractivity contribution in [3.05, 3.63) is 79.7 Å². The van der Waals surface area contributed by atoms with Gasteiger partial charge in [0, 0.05) is 11.3 Å².